The molecule has 2 aromatic carbocycles. The maximum Gasteiger partial charge on any atom is 0.411 e. The second kappa shape index (κ2) is 9.30. The van der Waals surface area contributed by atoms with Crippen molar-refractivity contribution < 1.29 is 23.9 Å². The van der Waals surface area contributed by atoms with E-state index in [-0.39, 0.29) is 18.4 Å². The smallest absolute Gasteiger partial charge is 0.411 e. The van der Waals surface area contributed by atoms with Crippen LogP contribution in [0, 0.1) is 5.92 Å². The van der Waals surface area contributed by atoms with Crippen molar-refractivity contribution >= 4 is 29.3 Å². The molecule has 1 fully saturated rings. The molecule has 0 saturated heterocycles. The Morgan fingerprint density at radius 3 is 2.56 bits per heavy atom. The average Bonchev–Trinajstić information content (AvgIpc) is 3.24. The summed E-state index contributed by atoms with van der Waals surface area (Å²) in [5.41, 5.74) is 7.23. The Balaban J connectivity index is 1.65. The summed E-state index contributed by atoms with van der Waals surface area (Å²) in [4.78, 5) is 38.3. The van der Waals surface area contributed by atoms with Crippen LogP contribution >= 0.6 is 0 Å². The Hall–Kier alpha value is -3.55. The number of primary amides is 1. The van der Waals surface area contributed by atoms with Gasteiger partial charge in [-0.25, -0.2) is 4.79 Å². The van der Waals surface area contributed by atoms with E-state index in [9.17, 15) is 14.4 Å². The lowest BCUT2D eigenvalue weighted by molar-refractivity contribution is -0.127. The topological polar surface area (TPSA) is 111 Å². The summed E-state index contributed by atoms with van der Waals surface area (Å²) in [5, 5.41) is 2.79. The number of nitrogens with zero attached hydrogens (tertiary/aromatic N) is 1. The van der Waals surface area contributed by atoms with Gasteiger partial charge in [0.05, 0.1) is 11.6 Å². The Morgan fingerprint density at radius 2 is 1.88 bits per heavy atom. The van der Waals surface area contributed by atoms with Gasteiger partial charge in [-0.15, -0.1) is 0 Å². The van der Waals surface area contributed by atoms with Crippen molar-refractivity contribution in [3.8, 4) is 11.5 Å². The number of carbonyl (C=O) groups excluding carboxylic acids is 3. The largest absolute Gasteiger partial charge is 0.455 e. The molecule has 0 aromatic heterocycles. The standard InChI is InChI=1S/C24H27N3O5/c1-27-22-15(11-16(23(27)29)13-21(25)28)12-17(26-24(30)32-19-9-5-6-10-19)14-20(22)31-18-7-3-2-4-8-18/h2-4,7-8,12,14,16,19H,5-6,9-11,13H2,1H3,(H2,25,28)(H,26,30). The van der Waals surface area contributed by atoms with E-state index in [0.717, 1.165) is 31.2 Å². The SMILES string of the molecule is CN1C(=O)C(CC(N)=O)Cc2cc(NC(=O)OC3CCCC3)cc(Oc3ccccc3)c21. The highest BCUT2D eigenvalue weighted by Gasteiger charge is 2.34. The van der Waals surface area contributed by atoms with E-state index in [4.69, 9.17) is 15.2 Å². The fourth-order valence-electron chi connectivity index (χ4n) is 4.41. The zero-order valence-electron chi connectivity index (χ0n) is 18.0. The Labute approximate surface area is 186 Å². The maximum atomic E-state index is 12.9. The van der Waals surface area contributed by atoms with Crippen LogP contribution in [-0.2, 0) is 20.7 Å². The molecule has 1 heterocycles. The Bertz CT molecular complexity index is 1020. The van der Waals surface area contributed by atoms with Crippen molar-refractivity contribution in [1.82, 2.24) is 0 Å². The van der Waals surface area contributed by atoms with Gasteiger partial charge in [-0.1, -0.05) is 18.2 Å². The molecular formula is C24H27N3O5. The van der Waals surface area contributed by atoms with Gasteiger partial charge in [0, 0.05) is 25.2 Å². The van der Waals surface area contributed by atoms with E-state index < -0.39 is 17.9 Å². The van der Waals surface area contributed by atoms with E-state index in [1.165, 1.54) is 4.90 Å². The number of ether oxygens (including phenoxy) is 2. The number of para-hydroxylation sites is 1. The van der Waals surface area contributed by atoms with Crippen LogP contribution in [0.5, 0.6) is 11.5 Å². The third kappa shape index (κ3) is 4.85. The molecule has 1 saturated carbocycles. The first kappa shape index (κ1) is 21.7. The summed E-state index contributed by atoms with van der Waals surface area (Å²) in [5.74, 6) is -0.264. The normalized spacial score (nSPS) is 18.2. The van der Waals surface area contributed by atoms with Gasteiger partial charge in [0.1, 0.15) is 11.9 Å². The first-order valence-electron chi connectivity index (χ1n) is 10.8. The minimum absolute atomic E-state index is 0.0428. The summed E-state index contributed by atoms with van der Waals surface area (Å²) >= 11 is 0. The van der Waals surface area contributed by atoms with Gasteiger partial charge in [0.15, 0.2) is 5.75 Å². The molecule has 3 amide bonds. The van der Waals surface area contributed by atoms with Crippen LogP contribution in [0.4, 0.5) is 16.2 Å². The van der Waals surface area contributed by atoms with Crippen LogP contribution in [0.25, 0.3) is 0 Å². The van der Waals surface area contributed by atoms with Gasteiger partial charge in [0.25, 0.3) is 0 Å². The monoisotopic (exact) mass is 437 g/mol. The molecule has 32 heavy (non-hydrogen) atoms. The molecule has 0 radical (unpaired) electrons. The van der Waals surface area contributed by atoms with Gasteiger partial charge in [-0.05, 0) is 55.9 Å². The molecule has 2 aromatic rings. The van der Waals surface area contributed by atoms with Crippen LogP contribution in [0.3, 0.4) is 0 Å². The number of amides is 3. The van der Waals surface area contributed by atoms with Crippen LogP contribution in [0.15, 0.2) is 42.5 Å². The summed E-state index contributed by atoms with van der Waals surface area (Å²) in [6.45, 7) is 0. The first-order valence-corrected chi connectivity index (χ1v) is 10.8. The molecule has 3 N–H and O–H groups in total. The molecule has 1 aliphatic carbocycles. The highest BCUT2D eigenvalue weighted by molar-refractivity contribution is 6.01. The van der Waals surface area contributed by atoms with Gasteiger partial charge in [0.2, 0.25) is 11.8 Å². The molecule has 168 valence electrons. The fraction of sp³-hybridized carbons (Fsp3) is 0.375. The first-order chi connectivity index (χ1) is 15.4. The van der Waals surface area contributed by atoms with Gasteiger partial charge >= 0.3 is 6.09 Å². The number of hydrogen-bond donors (Lipinski definition) is 2. The van der Waals surface area contributed by atoms with E-state index in [2.05, 4.69) is 5.32 Å². The van der Waals surface area contributed by atoms with E-state index in [1.54, 1.807) is 31.3 Å². The maximum absolute atomic E-state index is 12.9. The molecule has 1 aliphatic heterocycles. The predicted molar refractivity (Wildman–Crippen MR) is 120 cm³/mol. The molecule has 0 bridgehead atoms. The molecule has 8 nitrogen and oxygen atoms in total. The third-order valence-electron chi connectivity index (χ3n) is 5.88. The number of rotatable bonds is 6. The minimum Gasteiger partial charge on any atom is -0.455 e. The van der Waals surface area contributed by atoms with Gasteiger partial charge in [-0.2, -0.15) is 0 Å². The Morgan fingerprint density at radius 1 is 1.16 bits per heavy atom. The molecule has 1 unspecified atom stereocenters. The van der Waals surface area contributed by atoms with Crippen molar-refractivity contribution in [2.45, 2.75) is 44.6 Å². The van der Waals surface area contributed by atoms with Gasteiger partial charge < -0.3 is 20.1 Å². The number of carbonyl (C=O) groups is 3. The molecule has 1 atom stereocenters. The third-order valence-corrected chi connectivity index (χ3v) is 5.88. The predicted octanol–water partition coefficient (Wildman–Crippen LogP) is 3.98. The lowest BCUT2D eigenvalue weighted by Gasteiger charge is -2.33. The molecule has 4 rings (SSSR count). The second-order valence-corrected chi connectivity index (χ2v) is 8.30. The summed E-state index contributed by atoms with van der Waals surface area (Å²) in [6.07, 6.45) is 3.58. The van der Waals surface area contributed by atoms with E-state index in [1.807, 2.05) is 18.2 Å². The Kier molecular flexibility index (Phi) is 6.30. The van der Waals surface area contributed by atoms with Crippen LogP contribution in [-0.4, -0.2) is 31.1 Å². The number of fused-ring (bicyclic) bond motifs is 1. The van der Waals surface area contributed by atoms with Gasteiger partial charge in [-0.3, -0.25) is 14.9 Å². The van der Waals surface area contributed by atoms with Crippen molar-refractivity contribution in [2.75, 3.05) is 17.3 Å². The fourth-order valence-corrected chi connectivity index (χ4v) is 4.41. The number of anilines is 2. The summed E-state index contributed by atoms with van der Waals surface area (Å²) in [6, 6.07) is 12.7. The number of nitrogens with one attached hydrogen (secondary N) is 1. The lowest BCUT2D eigenvalue weighted by atomic mass is 9.88. The van der Waals surface area contributed by atoms with Crippen LogP contribution in [0.1, 0.15) is 37.7 Å². The zero-order chi connectivity index (χ0) is 22.7. The number of nitrogens with two attached hydrogens (primary N) is 1. The van der Waals surface area contributed by atoms with Crippen LogP contribution < -0.4 is 20.7 Å². The molecule has 2 aliphatic rings. The van der Waals surface area contributed by atoms with Crippen molar-refractivity contribution in [3.05, 3.63) is 48.0 Å². The zero-order valence-corrected chi connectivity index (χ0v) is 18.0. The van der Waals surface area contributed by atoms with Crippen molar-refractivity contribution in [1.29, 1.82) is 0 Å². The molecular weight excluding hydrogens is 410 g/mol. The quantitative estimate of drug-likeness (QED) is 0.710. The summed E-state index contributed by atoms with van der Waals surface area (Å²) in [7, 11) is 1.65. The highest BCUT2D eigenvalue weighted by atomic mass is 16.6. The number of hydrogen-bond acceptors (Lipinski definition) is 5. The lowest BCUT2D eigenvalue weighted by Crippen LogP contribution is -2.40. The average molecular weight is 437 g/mol. The second-order valence-electron chi connectivity index (χ2n) is 8.30. The highest BCUT2D eigenvalue weighted by Crippen LogP contribution is 2.42. The number of benzene rings is 2. The van der Waals surface area contributed by atoms with Crippen LogP contribution in [0.2, 0.25) is 0 Å². The van der Waals surface area contributed by atoms with E-state index >= 15 is 0 Å². The molecule has 0 spiro atoms. The summed E-state index contributed by atoms with van der Waals surface area (Å²) < 4.78 is 11.6. The van der Waals surface area contributed by atoms with E-state index in [0.29, 0.717) is 29.3 Å². The molecule has 8 heteroatoms. The van der Waals surface area contributed by atoms with Crippen molar-refractivity contribution in [2.24, 2.45) is 11.7 Å². The van der Waals surface area contributed by atoms with Crippen molar-refractivity contribution in [3.63, 3.8) is 0 Å². The minimum atomic E-state index is -0.560.